The van der Waals surface area contributed by atoms with Gasteiger partial charge in [0, 0.05) is 33.1 Å². The first-order valence-electron chi connectivity index (χ1n) is 7.32. The van der Waals surface area contributed by atoms with Crippen LogP contribution < -0.4 is 0 Å². The van der Waals surface area contributed by atoms with Crippen LogP contribution in [0.25, 0.3) is 0 Å². The summed E-state index contributed by atoms with van der Waals surface area (Å²) in [5.41, 5.74) is 0. The minimum absolute atomic E-state index is 0.108. The van der Waals surface area contributed by atoms with E-state index in [1.54, 1.807) is 6.92 Å². The number of piperidine rings is 1. The number of hydrogen-bond donors (Lipinski definition) is 0. The van der Waals surface area contributed by atoms with Gasteiger partial charge < -0.3 is 9.80 Å². The number of amides is 2. The zero-order valence-electron chi connectivity index (χ0n) is 12.1. The minimum atomic E-state index is 0.108. The average Bonchev–Trinajstić information content (AvgIpc) is 2.41. The molecule has 0 aromatic rings. The highest BCUT2D eigenvalue weighted by Gasteiger charge is 2.24. The number of rotatable bonds is 2. The number of hydrogen-bond acceptors (Lipinski definition) is 3. The van der Waals surface area contributed by atoms with Gasteiger partial charge in [-0.15, -0.1) is 0 Å². The maximum absolute atomic E-state index is 12.2. The van der Waals surface area contributed by atoms with Crippen LogP contribution in [0, 0.1) is 5.92 Å². The third-order valence-electron chi connectivity index (χ3n) is 4.31. The largest absolute Gasteiger partial charge is 0.339 e. The number of carbonyl (C=O) groups is 2. The van der Waals surface area contributed by atoms with Crippen molar-refractivity contribution < 1.29 is 9.59 Å². The van der Waals surface area contributed by atoms with E-state index in [9.17, 15) is 9.59 Å². The molecule has 0 spiro atoms. The second kappa shape index (κ2) is 6.37. The summed E-state index contributed by atoms with van der Waals surface area (Å²) in [4.78, 5) is 29.4. The van der Waals surface area contributed by atoms with Crippen molar-refractivity contribution in [3.8, 4) is 0 Å². The number of nitrogens with zero attached hydrogens (tertiary/aromatic N) is 3. The Morgan fingerprint density at radius 1 is 0.947 bits per heavy atom. The molecule has 0 bridgehead atoms. The van der Waals surface area contributed by atoms with E-state index in [-0.39, 0.29) is 11.8 Å². The van der Waals surface area contributed by atoms with Gasteiger partial charge in [0.15, 0.2) is 0 Å². The van der Waals surface area contributed by atoms with Crippen molar-refractivity contribution in [3.05, 3.63) is 0 Å². The molecule has 5 nitrogen and oxygen atoms in total. The maximum Gasteiger partial charge on any atom is 0.236 e. The van der Waals surface area contributed by atoms with E-state index in [1.165, 1.54) is 12.8 Å². The molecule has 0 saturated carbocycles. The van der Waals surface area contributed by atoms with Gasteiger partial charge >= 0.3 is 0 Å². The Hall–Kier alpha value is -1.10. The first kappa shape index (κ1) is 14.3. The van der Waals surface area contributed by atoms with Gasteiger partial charge in [-0.3, -0.25) is 14.5 Å². The molecule has 0 atom stereocenters. The first-order valence-corrected chi connectivity index (χ1v) is 7.32. The van der Waals surface area contributed by atoms with Crippen LogP contribution >= 0.6 is 0 Å². The van der Waals surface area contributed by atoms with Crippen molar-refractivity contribution in [2.24, 2.45) is 5.92 Å². The third kappa shape index (κ3) is 3.93. The molecule has 5 heteroatoms. The second-order valence-electron chi connectivity index (χ2n) is 5.85. The molecular formula is C14H25N3O2. The molecule has 2 rings (SSSR count). The van der Waals surface area contributed by atoms with Gasteiger partial charge in [0.25, 0.3) is 0 Å². The normalized spacial score (nSPS) is 22.6. The van der Waals surface area contributed by atoms with Gasteiger partial charge in [0.2, 0.25) is 11.8 Å². The fourth-order valence-electron chi connectivity index (χ4n) is 2.78. The standard InChI is InChI=1S/C14H25N3O2/c1-12-3-5-15(6-4-12)11-14(19)17-9-7-16(8-10-17)13(2)18/h12H,3-11H2,1-2H3. The molecule has 0 aliphatic carbocycles. The molecule has 2 aliphatic rings. The Balaban J connectivity index is 1.74. The smallest absolute Gasteiger partial charge is 0.236 e. The van der Waals surface area contributed by atoms with Crippen LogP contribution in [0.4, 0.5) is 0 Å². The lowest BCUT2D eigenvalue weighted by molar-refractivity contribution is -0.139. The minimum Gasteiger partial charge on any atom is -0.339 e. The Kier molecular flexibility index (Phi) is 4.80. The summed E-state index contributed by atoms with van der Waals surface area (Å²) in [6.45, 7) is 9.22. The lowest BCUT2D eigenvalue weighted by Crippen LogP contribution is -2.52. The monoisotopic (exact) mass is 267 g/mol. The summed E-state index contributed by atoms with van der Waals surface area (Å²) in [6, 6.07) is 0. The van der Waals surface area contributed by atoms with Crippen molar-refractivity contribution in [1.82, 2.24) is 14.7 Å². The molecular weight excluding hydrogens is 242 g/mol. The van der Waals surface area contributed by atoms with Crippen LogP contribution in [0.3, 0.4) is 0 Å². The fraction of sp³-hybridized carbons (Fsp3) is 0.857. The Bertz CT molecular complexity index is 330. The summed E-state index contributed by atoms with van der Waals surface area (Å²) >= 11 is 0. The van der Waals surface area contributed by atoms with E-state index >= 15 is 0 Å². The zero-order valence-corrected chi connectivity index (χ0v) is 12.1. The summed E-state index contributed by atoms with van der Waals surface area (Å²) in [7, 11) is 0. The van der Waals surface area contributed by atoms with Gasteiger partial charge in [0.05, 0.1) is 6.54 Å². The molecule has 0 unspecified atom stereocenters. The van der Waals surface area contributed by atoms with Crippen molar-refractivity contribution >= 4 is 11.8 Å². The lowest BCUT2D eigenvalue weighted by Gasteiger charge is -2.36. The summed E-state index contributed by atoms with van der Waals surface area (Å²) in [5.74, 6) is 1.13. The summed E-state index contributed by atoms with van der Waals surface area (Å²) in [6.07, 6.45) is 2.40. The third-order valence-corrected chi connectivity index (χ3v) is 4.31. The number of piperazine rings is 1. The van der Waals surface area contributed by atoms with Crippen LogP contribution in [-0.4, -0.2) is 72.3 Å². The molecule has 108 valence electrons. The quantitative estimate of drug-likeness (QED) is 0.728. The van der Waals surface area contributed by atoms with Gasteiger partial charge in [-0.2, -0.15) is 0 Å². The van der Waals surface area contributed by atoms with Gasteiger partial charge in [-0.1, -0.05) is 6.92 Å². The molecule has 2 fully saturated rings. The van der Waals surface area contributed by atoms with E-state index in [0.717, 1.165) is 19.0 Å². The Morgan fingerprint density at radius 3 is 2.00 bits per heavy atom. The Morgan fingerprint density at radius 2 is 1.47 bits per heavy atom. The molecule has 2 amide bonds. The van der Waals surface area contributed by atoms with E-state index in [2.05, 4.69) is 11.8 Å². The second-order valence-corrected chi connectivity index (χ2v) is 5.85. The van der Waals surface area contributed by atoms with E-state index in [0.29, 0.717) is 32.7 Å². The molecule has 2 heterocycles. The van der Waals surface area contributed by atoms with Gasteiger partial charge in [-0.25, -0.2) is 0 Å². The number of likely N-dealkylation sites (tertiary alicyclic amines) is 1. The van der Waals surface area contributed by atoms with Crippen LogP contribution in [-0.2, 0) is 9.59 Å². The molecule has 2 saturated heterocycles. The molecule has 2 aliphatic heterocycles. The molecule has 19 heavy (non-hydrogen) atoms. The summed E-state index contributed by atoms with van der Waals surface area (Å²) in [5, 5.41) is 0. The van der Waals surface area contributed by atoms with Crippen LogP contribution in [0.5, 0.6) is 0 Å². The van der Waals surface area contributed by atoms with Gasteiger partial charge in [-0.05, 0) is 31.8 Å². The maximum atomic E-state index is 12.2. The topological polar surface area (TPSA) is 43.9 Å². The SMILES string of the molecule is CC(=O)N1CCN(C(=O)CN2CCC(C)CC2)CC1. The van der Waals surface area contributed by atoms with Crippen molar-refractivity contribution in [3.63, 3.8) is 0 Å². The molecule has 0 N–H and O–H groups in total. The van der Waals surface area contributed by atoms with E-state index in [4.69, 9.17) is 0 Å². The summed E-state index contributed by atoms with van der Waals surface area (Å²) < 4.78 is 0. The van der Waals surface area contributed by atoms with E-state index in [1.807, 2.05) is 9.80 Å². The van der Waals surface area contributed by atoms with Crippen molar-refractivity contribution in [2.75, 3.05) is 45.8 Å². The highest BCUT2D eigenvalue weighted by Crippen LogP contribution is 2.16. The number of carbonyl (C=O) groups excluding carboxylic acids is 2. The fourth-order valence-corrected chi connectivity index (χ4v) is 2.78. The van der Waals surface area contributed by atoms with Crippen molar-refractivity contribution in [1.29, 1.82) is 0 Å². The van der Waals surface area contributed by atoms with Crippen molar-refractivity contribution in [2.45, 2.75) is 26.7 Å². The molecule has 0 aromatic heterocycles. The van der Waals surface area contributed by atoms with Gasteiger partial charge in [0.1, 0.15) is 0 Å². The zero-order chi connectivity index (χ0) is 13.8. The average molecular weight is 267 g/mol. The van der Waals surface area contributed by atoms with Crippen LogP contribution in [0.2, 0.25) is 0 Å². The Labute approximate surface area is 115 Å². The highest BCUT2D eigenvalue weighted by atomic mass is 16.2. The van der Waals surface area contributed by atoms with Crippen LogP contribution in [0.15, 0.2) is 0 Å². The predicted molar refractivity (Wildman–Crippen MR) is 73.7 cm³/mol. The highest BCUT2D eigenvalue weighted by molar-refractivity contribution is 5.79. The van der Waals surface area contributed by atoms with Crippen LogP contribution in [0.1, 0.15) is 26.7 Å². The first-order chi connectivity index (χ1) is 9.06. The molecule has 0 radical (unpaired) electrons. The lowest BCUT2D eigenvalue weighted by atomic mass is 9.99. The predicted octanol–water partition coefficient (Wildman–Crippen LogP) is 0.409. The molecule has 0 aromatic carbocycles. The van der Waals surface area contributed by atoms with E-state index < -0.39 is 0 Å².